The number of aromatic nitrogens is 2. The first-order valence-electron chi connectivity index (χ1n) is 26.0. The van der Waals surface area contributed by atoms with Crippen LogP contribution in [0.15, 0.2) is 128 Å². The Hall–Kier alpha value is -6.27. The van der Waals surface area contributed by atoms with Crippen LogP contribution in [0.3, 0.4) is 0 Å². The van der Waals surface area contributed by atoms with Gasteiger partial charge in [-0.05, 0) is 202 Å². The van der Waals surface area contributed by atoms with Crippen molar-refractivity contribution < 1.29 is 47.0 Å². The lowest BCUT2D eigenvalue weighted by atomic mass is 9.73. The number of anilines is 1. The summed E-state index contributed by atoms with van der Waals surface area (Å²) in [5.74, 6) is 3.62. The zero-order chi connectivity index (χ0) is 56.5. The van der Waals surface area contributed by atoms with Gasteiger partial charge in [-0.2, -0.15) is 31.3 Å². The van der Waals surface area contributed by atoms with E-state index in [1.54, 1.807) is 46.5 Å². The Morgan fingerprint density at radius 1 is 0.756 bits per heavy atom. The molecule has 4 aromatic carbocycles. The Labute approximate surface area is 465 Å². The molecule has 12 rings (SSSR count). The van der Waals surface area contributed by atoms with Gasteiger partial charge in [0, 0.05) is 54.9 Å². The molecule has 4 bridgehead atoms. The number of rotatable bonds is 11. The van der Waals surface area contributed by atoms with E-state index in [-0.39, 0.29) is 36.1 Å². The molecule has 0 spiro atoms. The minimum atomic E-state index is -4.46. The lowest BCUT2D eigenvalue weighted by Crippen LogP contribution is -2.55. The number of aliphatic imine (C=N–C) groups is 1. The maximum atomic E-state index is 13.4. The van der Waals surface area contributed by atoms with Gasteiger partial charge in [0.25, 0.3) is 5.17 Å². The molecule has 10 atom stereocenters. The molecule has 416 valence electrons. The number of aryl methyl sites for hydroxylation is 2. The highest BCUT2D eigenvalue weighted by Crippen LogP contribution is 2.45. The molecule has 2 N–H and O–H groups in total. The molecule has 10 nitrogen and oxygen atoms in total. The zero-order valence-corrected chi connectivity index (χ0v) is 45.2. The van der Waals surface area contributed by atoms with E-state index in [2.05, 4.69) is 61.5 Å². The molecule has 0 radical (unpaired) electrons. The van der Waals surface area contributed by atoms with Crippen LogP contribution in [0.2, 0.25) is 0 Å². The van der Waals surface area contributed by atoms with Gasteiger partial charge < -0.3 is 24.6 Å². The Balaban J connectivity index is 0.000000209. The number of hydrogen-bond donors (Lipinski definition) is 2. The molecule has 0 saturated carbocycles. The lowest BCUT2D eigenvalue weighted by Gasteiger charge is -2.51. The van der Waals surface area contributed by atoms with E-state index in [9.17, 15) is 31.4 Å². The molecule has 6 aromatic rings. The molecular formula is C60H68F6N6O4S2. The second kappa shape index (κ2) is 26.1. The van der Waals surface area contributed by atoms with E-state index in [1.165, 1.54) is 19.9 Å². The van der Waals surface area contributed by atoms with E-state index in [0.717, 1.165) is 108 Å². The summed E-state index contributed by atoms with van der Waals surface area (Å²) in [6.07, 6.45) is 2.13. The van der Waals surface area contributed by atoms with Crippen LogP contribution in [0.25, 0.3) is 21.8 Å². The van der Waals surface area contributed by atoms with Crippen LogP contribution < -0.4 is 14.8 Å². The molecule has 8 unspecified atom stereocenters. The average molecular weight is 1120 g/mol. The number of nitrogens with one attached hydrogen (secondary N) is 1. The van der Waals surface area contributed by atoms with Crippen molar-refractivity contribution in [3.05, 3.63) is 156 Å². The summed E-state index contributed by atoms with van der Waals surface area (Å²) in [6, 6.07) is 22.9. The fourth-order valence-corrected chi connectivity index (χ4v) is 11.7. The topological polar surface area (TPSA) is 105 Å². The Bertz CT molecular complexity index is 3140. The maximum absolute atomic E-state index is 13.4. The first kappa shape index (κ1) is 59.4. The first-order valence-corrected chi connectivity index (χ1v) is 25.8. The number of fused-ring (bicyclic) bond motifs is 8. The first-order chi connectivity index (χ1) is 37.3. The van der Waals surface area contributed by atoms with Gasteiger partial charge in [0.1, 0.15) is 17.6 Å². The van der Waals surface area contributed by atoms with Crippen molar-refractivity contribution in [2.75, 3.05) is 45.7 Å². The number of aliphatic hydroxyl groups excluding tert-OH is 1. The van der Waals surface area contributed by atoms with Crippen molar-refractivity contribution in [2.45, 2.75) is 91.0 Å². The van der Waals surface area contributed by atoms with Crippen LogP contribution in [0, 0.1) is 37.5 Å². The van der Waals surface area contributed by atoms with E-state index in [1.807, 2.05) is 59.8 Å². The van der Waals surface area contributed by atoms with Crippen molar-refractivity contribution in [2.24, 2.45) is 28.7 Å². The van der Waals surface area contributed by atoms with Crippen LogP contribution in [0.4, 0.5) is 37.7 Å². The molecule has 6 aliphatic heterocycles. The molecule has 0 aliphatic carbocycles. The third-order valence-corrected chi connectivity index (χ3v) is 15.4. The number of alkyl halides is 6. The van der Waals surface area contributed by atoms with Crippen molar-refractivity contribution in [3.8, 4) is 11.5 Å². The third-order valence-electron chi connectivity index (χ3n) is 15.1. The number of methoxy groups -OCH3 is 2. The lowest BCUT2D eigenvalue weighted by molar-refractivity contribution is -0.138. The van der Waals surface area contributed by atoms with Gasteiger partial charge in [-0.1, -0.05) is 27.0 Å². The van der Waals surface area contributed by atoms with Crippen LogP contribution >= 0.6 is 24.4 Å². The molecule has 8 heterocycles. The second-order valence-electron chi connectivity index (χ2n) is 19.8. The fraction of sp³-hybridized carbons (Fsp3) is 0.400. The molecular weight excluding hydrogens is 1050 g/mol. The minimum Gasteiger partial charge on any atom is -0.497 e. The van der Waals surface area contributed by atoms with Crippen molar-refractivity contribution in [3.63, 3.8) is 0 Å². The summed E-state index contributed by atoms with van der Waals surface area (Å²) in [5, 5.41) is 18.0. The Morgan fingerprint density at radius 3 is 1.74 bits per heavy atom. The monoisotopic (exact) mass is 1120 g/mol. The van der Waals surface area contributed by atoms with Crippen LogP contribution in [0.1, 0.15) is 87.5 Å². The number of piperidine rings is 6. The summed E-state index contributed by atoms with van der Waals surface area (Å²) in [7, 11) is 4.53. The predicted octanol–water partition coefficient (Wildman–Crippen LogP) is 15.1. The molecule has 6 aliphatic rings. The number of isothiocyanates is 1. The van der Waals surface area contributed by atoms with Crippen LogP contribution in [-0.2, 0) is 17.1 Å². The average Bonchev–Trinajstić information content (AvgIpc) is 3.53. The third kappa shape index (κ3) is 14.1. The number of pyridine rings is 2. The molecule has 78 heavy (non-hydrogen) atoms. The fourth-order valence-electron chi connectivity index (χ4n) is 11.3. The summed E-state index contributed by atoms with van der Waals surface area (Å²) < 4.78 is 100. The zero-order valence-electron chi connectivity index (χ0n) is 44.6. The highest BCUT2D eigenvalue weighted by atomic mass is 32.1. The summed E-state index contributed by atoms with van der Waals surface area (Å²) in [4.78, 5) is 17.3. The maximum Gasteiger partial charge on any atom is 0.416 e. The minimum absolute atomic E-state index is 0. The van der Waals surface area contributed by atoms with E-state index >= 15 is 0 Å². The number of nitrogens with zero attached hydrogens (tertiary/aromatic N) is 5. The highest BCUT2D eigenvalue weighted by Gasteiger charge is 2.45. The van der Waals surface area contributed by atoms with Crippen LogP contribution in [0.5, 0.6) is 11.5 Å². The summed E-state index contributed by atoms with van der Waals surface area (Å²) in [5.41, 5.74) is 3.46. The smallest absolute Gasteiger partial charge is 0.416 e. The molecule has 18 heteroatoms. The van der Waals surface area contributed by atoms with Gasteiger partial charge in [-0.15, -0.1) is 13.2 Å². The van der Waals surface area contributed by atoms with Crippen LogP contribution in [-0.4, -0.2) is 87.7 Å². The van der Waals surface area contributed by atoms with E-state index < -0.39 is 35.7 Å². The van der Waals surface area contributed by atoms with Gasteiger partial charge in [-0.25, -0.2) is 0 Å². The summed E-state index contributed by atoms with van der Waals surface area (Å²) in [6.45, 7) is 15.1. The van der Waals surface area contributed by atoms with Gasteiger partial charge in [0.05, 0.1) is 59.4 Å². The summed E-state index contributed by atoms with van der Waals surface area (Å²) >= 11 is 9.89. The number of hydrogen-bond acceptors (Lipinski definition) is 11. The van der Waals surface area contributed by atoms with Gasteiger partial charge in [0.15, 0.2) is 0 Å². The van der Waals surface area contributed by atoms with Crippen molar-refractivity contribution in [1.29, 1.82) is 0 Å². The number of benzene rings is 4. The van der Waals surface area contributed by atoms with Gasteiger partial charge in [-0.3, -0.25) is 19.8 Å². The number of ether oxygens (including phenoxy) is 3. The SMILES string of the molecule is C.C=CC1CN2CCC1CC2[C@@H](O)c1ccnc2ccc(OC)cc12.C=CC1CN2CCC1CC2[C@@H](OC(=S)Nc1cc(C)cc(C(F)(F)F)c1)c1ccnc2ccc(OC)cc12.Cc1cc(N=C=S)cc(C(F)(F)F)c1.[2H]C. The molecule has 2 aromatic heterocycles. The second-order valence-corrected chi connectivity index (χ2v) is 20.4. The molecule has 6 fully saturated rings. The number of aliphatic hydroxyl groups is 1. The largest absolute Gasteiger partial charge is 0.497 e. The highest BCUT2D eigenvalue weighted by molar-refractivity contribution is 7.80. The Morgan fingerprint density at radius 2 is 1.26 bits per heavy atom. The van der Waals surface area contributed by atoms with E-state index in [0.29, 0.717) is 40.5 Å². The number of halogens is 6. The number of thiocarbonyl (C=S) groups is 2. The Kier molecular flexibility index (Phi) is 19.9. The molecule has 0 amide bonds. The van der Waals surface area contributed by atoms with Crippen molar-refractivity contribution in [1.82, 2.24) is 19.8 Å². The quantitative estimate of drug-likeness (QED) is 0.0561. The standard InChI is InChI=1S/C29H30F3N3O2S.C20H24N2O2.C9H6F3NS.2CH4/c1-4-18-16-35-10-8-19(18)13-26(35)27(23-7-9-33-25-6-5-22(36-3)15-24(23)25)37-28(38)34-21-12-17(2)11-20(14-21)29(30,31)32;1-3-13-12-22-9-7-14(13)10-19(22)20(23)16-6-8-21-18-5-4-15(24-2)11-17(16)18;1-6-2-7(9(10,11)12)4-8(3-6)13-5-14;;/h4-7,9,11-12,14-15,18-19,26-27H,1,8,10,13,16H2,2-3H3,(H,34,38);3-6,8,11,13-14,19-20,23H,1,7,9-10,12H2,2H3;2-4H,1H3;2*1H4/t18?,19?,26?,27-;13?,14?,19?,20-;;;/m00.../s1/i;;;1D;. The van der Waals surface area contributed by atoms with Gasteiger partial charge >= 0.3 is 12.4 Å². The normalized spacial score (nSPS) is 22.8. The van der Waals surface area contributed by atoms with E-state index in [4.69, 9.17) is 27.8 Å². The van der Waals surface area contributed by atoms with Crippen molar-refractivity contribution >= 4 is 68.0 Å². The predicted molar refractivity (Wildman–Crippen MR) is 306 cm³/mol. The molecule has 6 saturated heterocycles. The van der Waals surface area contributed by atoms with Gasteiger partial charge in [0.2, 0.25) is 0 Å².